The lowest BCUT2D eigenvalue weighted by atomic mass is 9.98. The summed E-state index contributed by atoms with van der Waals surface area (Å²) in [6.45, 7) is 2.56. The summed E-state index contributed by atoms with van der Waals surface area (Å²) < 4.78 is 5.65. The maximum Gasteiger partial charge on any atom is 0.131 e. The van der Waals surface area contributed by atoms with E-state index in [1.807, 2.05) is 66.2 Å². The highest BCUT2D eigenvalue weighted by Crippen LogP contribution is 2.41. The highest BCUT2D eigenvalue weighted by atomic mass is 32.1. The predicted molar refractivity (Wildman–Crippen MR) is 88.0 cm³/mol. The molecule has 3 heteroatoms. The molecule has 0 spiro atoms. The molecule has 1 heterocycles. The molecule has 0 fully saturated rings. The molecule has 106 valence electrons. The molecule has 21 heavy (non-hydrogen) atoms. The average molecular weight is 296 g/mol. The fourth-order valence-electron chi connectivity index (χ4n) is 2.33. The van der Waals surface area contributed by atoms with Crippen LogP contribution in [-0.4, -0.2) is 11.7 Å². The zero-order valence-corrected chi connectivity index (χ0v) is 12.6. The first kappa shape index (κ1) is 13.7. The maximum atomic E-state index is 10.7. The van der Waals surface area contributed by atoms with Crippen molar-refractivity contribution in [2.45, 2.75) is 6.92 Å². The first-order chi connectivity index (χ1) is 10.3. The summed E-state index contributed by atoms with van der Waals surface area (Å²) in [5, 5.41) is 14.7. The van der Waals surface area contributed by atoms with E-state index in [1.165, 1.54) is 0 Å². The number of phenols is 1. The highest BCUT2D eigenvalue weighted by Gasteiger charge is 2.14. The second-order valence-corrected chi connectivity index (χ2v) is 5.46. The third-order valence-electron chi connectivity index (χ3n) is 3.31. The van der Waals surface area contributed by atoms with Crippen molar-refractivity contribution in [3.05, 3.63) is 59.3 Å². The lowest BCUT2D eigenvalue weighted by Crippen LogP contribution is -1.93. The van der Waals surface area contributed by atoms with Crippen LogP contribution >= 0.6 is 11.3 Å². The maximum absolute atomic E-state index is 10.7. The van der Waals surface area contributed by atoms with Crippen LogP contribution in [0, 0.1) is 0 Å². The van der Waals surface area contributed by atoms with Gasteiger partial charge in [0.15, 0.2) is 0 Å². The molecular formula is C18H16O2S. The molecule has 0 radical (unpaired) electrons. The molecule has 2 nitrogen and oxygen atoms in total. The van der Waals surface area contributed by atoms with Crippen LogP contribution in [0.2, 0.25) is 0 Å². The number of hydrogen-bond acceptors (Lipinski definition) is 3. The summed E-state index contributed by atoms with van der Waals surface area (Å²) in [7, 11) is 0. The summed E-state index contributed by atoms with van der Waals surface area (Å²) in [5.74, 6) is 1.07. The van der Waals surface area contributed by atoms with E-state index in [0.29, 0.717) is 12.4 Å². The Labute approximate surface area is 128 Å². The van der Waals surface area contributed by atoms with Gasteiger partial charge in [0.2, 0.25) is 0 Å². The van der Waals surface area contributed by atoms with E-state index in [2.05, 4.69) is 0 Å². The second-order valence-electron chi connectivity index (χ2n) is 4.68. The van der Waals surface area contributed by atoms with Crippen molar-refractivity contribution in [3.8, 4) is 33.8 Å². The van der Waals surface area contributed by atoms with E-state index in [-0.39, 0.29) is 0 Å². The standard InChI is InChI=1S/C18H16O2S/c1-2-20-15-10-16(13-6-4-3-5-7-13)18(19)17(11-15)14-8-9-21-12-14/h3-12,19H,2H2,1H3. The van der Waals surface area contributed by atoms with E-state index in [1.54, 1.807) is 11.3 Å². The summed E-state index contributed by atoms with van der Waals surface area (Å²) in [5.41, 5.74) is 3.59. The lowest BCUT2D eigenvalue weighted by Gasteiger charge is -2.13. The van der Waals surface area contributed by atoms with Crippen LogP contribution in [0.25, 0.3) is 22.3 Å². The Morgan fingerprint density at radius 3 is 2.33 bits per heavy atom. The normalized spacial score (nSPS) is 10.5. The summed E-state index contributed by atoms with van der Waals surface area (Å²) >= 11 is 1.61. The molecule has 0 amide bonds. The minimum Gasteiger partial charge on any atom is -0.507 e. The largest absolute Gasteiger partial charge is 0.507 e. The van der Waals surface area contributed by atoms with E-state index < -0.39 is 0 Å². The van der Waals surface area contributed by atoms with Crippen molar-refractivity contribution in [2.24, 2.45) is 0 Å². The van der Waals surface area contributed by atoms with E-state index >= 15 is 0 Å². The number of benzene rings is 2. The Morgan fingerprint density at radius 1 is 1.00 bits per heavy atom. The Kier molecular flexibility index (Phi) is 3.93. The minimum absolute atomic E-state index is 0.294. The van der Waals surface area contributed by atoms with Crippen molar-refractivity contribution < 1.29 is 9.84 Å². The number of phenolic OH excluding ortho intramolecular Hbond substituents is 1. The molecule has 2 aromatic carbocycles. The van der Waals surface area contributed by atoms with Crippen LogP contribution in [0.5, 0.6) is 11.5 Å². The molecule has 3 rings (SSSR count). The van der Waals surface area contributed by atoms with Crippen LogP contribution in [-0.2, 0) is 0 Å². The molecule has 1 aromatic heterocycles. The van der Waals surface area contributed by atoms with Crippen LogP contribution in [0.15, 0.2) is 59.3 Å². The van der Waals surface area contributed by atoms with Gasteiger partial charge in [0.05, 0.1) is 6.61 Å². The molecule has 0 bridgehead atoms. The summed E-state index contributed by atoms with van der Waals surface area (Å²) in [4.78, 5) is 0. The van der Waals surface area contributed by atoms with Gasteiger partial charge in [-0.25, -0.2) is 0 Å². The summed E-state index contributed by atoms with van der Waals surface area (Å²) in [6.07, 6.45) is 0. The van der Waals surface area contributed by atoms with Gasteiger partial charge in [0.1, 0.15) is 11.5 Å². The lowest BCUT2D eigenvalue weighted by molar-refractivity contribution is 0.340. The van der Waals surface area contributed by atoms with Crippen molar-refractivity contribution in [1.82, 2.24) is 0 Å². The zero-order valence-electron chi connectivity index (χ0n) is 11.7. The van der Waals surface area contributed by atoms with Crippen molar-refractivity contribution >= 4 is 11.3 Å². The molecule has 3 aromatic rings. The van der Waals surface area contributed by atoms with Crippen LogP contribution in [0.3, 0.4) is 0 Å². The highest BCUT2D eigenvalue weighted by molar-refractivity contribution is 7.08. The smallest absolute Gasteiger partial charge is 0.131 e. The number of rotatable bonds is 4. The SMILES string of the molecule is CCOc1cc(-c2ccccc2)c(O)c(-c2ccsc2)c1. The average Bonchev–Trinajstić information content (AvgIpc) is 3.04. The van der Waals surface area contributed by atoms with Gasteiger partial charge in [0.25, 0.3) is 0 Å². The van der Waals surface area contributed by atoms with Gasteiger partial charge in [0, 0.05) is 11.1 Å². The van der Waals surface area contributed by atoms with Crippen LogP contribution in [0.4, 0.5) is 0 Å². The Hall–Kier alpha value is -2.26. The first-order valence-electron chi connectivity index (χ1n) is 6.87. The number of aromatic hydroxyl groups is 1. The van der Waals surface area contributed by atoms with Gasteiger partial charge in [-0.1, -0.05) is 30.3 Å². The third-order valence-corrected chi connectivity index (χ3v) is 3.99. The fourth-order valence-corrected chi connectivity index (χ4v) is 2.99. The molecule has 0 aliphatic heterocycles. The number of ether oxygens (including phenoxy) is 1. The first-order valence-corrected chi connectivity index (χ1v) is 7.81. The van der Waals surface area contributed by atoms with Gasteiger partial charge in [-0.15, -0.1) is 0 Å². The number of thiophene rings is 1. The van der Waals surface area contributed by atoms with E-state index in [4.69, 9.17) is 4.74 Å². The molecule has 1 N–H and O–H groups in total. The van der Waals surface area contributed by atoms with Crippen LogP contribution in [0.1, 0.15) is 6.92 Å². The molecule has 0 saturated carbocycles. The molecule has 0 aliphatic carbocycles. The summed E-state index contributed by atoms with van der Waals surface area (Å²) in [6, 6.07) is 15.7. The van der Waals surface area contributed by atoms with Gasteiger partial charge >= 0.3 is 0 Å². The zero-order chi connectivity index (χ0) is 14.7. The van der Waals surface area contributed by atoms with Gasteiger partial charge in [-0.05, 0) is 47.0 Å². The van der Waals surface area contributed by atoms with Crippen LogP contribution < -0.4 is 4.74 Å². The Morgan fingerprint density at radius 2 is 1.71 bits per heavy atom. The fraction of sp³-hybridized carbons (Fsp3) is 0.111. The molecule has 0 saturated heterocycles. The van der Waals surface area contributed by atoms with Gasteiger partial charge in [-0.2, -0.15) is 11.3 Å². The molecule has 0 unspecified atom stereocenters. The van der Waals surface area contributed by atoms with Gasteiger partial charge < -0.3 is 9.84 Å². The van der Waals surface area contributed by atoms with Crippen molar-refractivity contribution in [1.29, 1.82) is 0 Å². The van der Waals surface area contributed by atoms with Gasteiger partial charge in [-0.3, -0.25) is 0 Å². The van der Waals surface area contributed by atoms with Crippen molar-refractivity contribution in [2.75, 3.05) is 6.61 Å². The monoisotopic (exact) mass is 296 g/mol. The Balaban J connectivity index is 2.19. The second kappa shape index (κ2) is 6.02. The molecular weight excluding hydrogens is 280 g/mol. The Bertz CT molecular complexity index is 718. The third kappa shape index (κ3) is 2.78. The topological polar surface area (TPSA) is 29.5 Å². The van der Waals surface area contributed by atoms with E-state index in [0.717, 1.165) is 28.0 Å². The van der Waals surface area contributed by atoms with E-state index in [9.17, 15) is 5.11 Å². The number of hydrogen-bond donors (Lipinski definition) is 1. The minimum atomic E-state index is 0.294. The van der Waals surface area contributed by atoms with Crippen molar-refractivity contribution in [3.63, 3.8) is 0 Å². The predicted octanol–water partition coefficient (Wildman–Crippen LogP) is 5.19. The molecule has 0 atom stereocenters. The molecule has 0 aliphatic rings. The quantitative estimate of drug-likeness (QED) is 0.718.